The molecule has 0 spiro atoms. The first kappa shape index (κ1) is 16.1. The molecule has 3 rings (SSSR count). The molecule has 0 radical (unpaired) electrons. The molecule has 3 aromatic rings. The van der Waals surface area contributed by atoms with E-state index in [-0.39, 0.29) is 6.09 Å². The molecule has 118 valence electrons. The van der Waals surface area contributed by atoms with E-state index in [9.17, 15) is 4.79 Å². The normalized spacial score (nSPS) is 11.7. The molecule has 0 aliphatic heterocycles. The van der Waals surface area contributed by atoms with E-state index in [4.69, 9.17) is 4.74 Å². The number of hydrogen-bond donors (Lipinski definition) is 0. The van der Waals surface area contributed by atoms with Crippen LogP contribution in [0.25, 0.3) is 22.0 Å². The Morgan fingerprint density at radius 2 is 1.70 bits per heavy atom. The summed E-state index contributed by atoms with van der Waals surface area (Å²) in [6.45, 7) is 5.62. The number of ether oxygens (including phenoxy) is 1. The van der Waals surface area contributed by atoms with Gasteiger partial charge in [-0.15, -0.1) is 0 Å². The first-order valence-corrected chi connectivity index (χ1v) is 8.53. The number of hydrogen-bond acceptors (Lipinski definition) is 2. The van der Waals surface area contributed by atoms with Gasteiger partial charge in [0.2, 0.25) is 0 Å². The quantitative estimate of drug-likeness (QED) is 0.474. The molecular weight excluding hydrogens is 401 g/mol. The maximum Gasteiger partial charge on any atom is 0.419 e. The van der Waals surface area contributed by atoms with E-state index in [0.29, 0.717) is 0 Å². The highest BCUT2D eigenvalue weighted by atomic mass is 127. The largest absolute Gasteiger partial charge is 0.443 e. The van der Waals surface area contributed by atoms with Gasteiger partial charge in [-0.1, -0.05) is 36.4 Å². The maximum atomic E-state index is 12.4. The van der Waals surface area contributed by atoms with Crippen molar-refractivity contribution < 1.29 is 9.53 Å². The van der Waals surface area contributed by atoms with Gasteiger partial charge in [-0.05, 0) is 72.7 Å². The lowest BCUT2D eigenvalue weighted by atomic mass is 10.0. The van der Waals surface area contributed by atoms with Crippen LogP contribution in [-0.4, -0.2) is 16.3 Å². The molecule has 1 aromatic heterocycles. The zero-order chi connectivity index (χ0) is 16.6. The second-order valence-corrected chi connectivity index (χ2v) is 7.53. The zero-order valence-corrected chi connectivity index (χ0v) is 15.5. The van der Waals surface area contributed by atoms with Gasteiger partial charge in [0.15, 0.2) is 0 Å². The van der Waals surface area contributed by atoms with Gasteiger partial charge >= 0.3 is 6.09 Å². The molecule has 0 saturated heterocycles. The Hall–Kier alpha value is -1.82. The molecule has 0 saturated carbocycles. The Morgan fingerprint density at radius 3 is 2.35 bits per heavy atom. The van der Waals surface area contributed by atoms with E-state index in [2.05, 4.69) is 40.8 Å². The molecular formula is C19H18INO2. The highest BCUT2D eigenvalue weighted by Crippen LogP contribution is 2.28. The summed E-state index contributed by atoms with van der Waals surface area (Å²) < 4.78 is 7.97. The van der Waals surface area contributed by atoms with Crippen LogP contribution in [0.4, 0.5) is 4.79 Å². The molecule has 0 fully saturated rings. The Labute approximate surface area is 149 Å². The van der Waals surface area contributed by atoms with Crippen LogP contribution in [-0.2, 0) is 4.74 Å². The van der Waals surface area contributed by atoms with Gasteiger partial charge in [0.25, 0.3) is 0 Å². The Kier molecular flexibility index (Phi) is 4.19. The van der Waals surface area contributed by atoms with Crippen LogP contribution in [0.5, 0.6) is 0 Å². The smallest absolute Gasteiger partial charge is 0.419 e. The lowest BCUT2D eigenvalue weighted by Gasteiger charge is -2.20. The van der Waals surface area contributed by atoms with Crippen LogP contribution >= 0.6 is 22.6 Å². The van der Waals surface area contributed by atoms with Gasteiger partial charge in [0.1, 0.15) is 5.60 Å². The highest BCUT2D eigenvalue weighted by Gasteiger charge is 2.21. The minimum Gasteiger partial charge on any atom is -0.443 e. The van der Waals surface area contributed by atoms with Crippen LogP contribution < -0.4 is 0 Å². The Bertz CT molecular complexity index is 860. The third kappa shape index (κ3) is 3.42. The minimum atomic E-state index is -0.513. The molecule has 0 aliphatic carbocycles. The van der Waals surface area contributed by atoms with Gasteiger partial charge in [-0.2, -0.15) is 0 Å². The average Bonchev–Trinajstić information content (AvgIpc) is 2.81. The first-order valence-electron chi connectivity index (χ1n) is 7.45. The summed E-state index contributed by atoms with van der Waals surface area (Å²) in [4.78, 5) is 12.4. The molecule has 0 unspecified atom stereocenters. The molecule has 0 N–H and O–H groups in total. The van der Waals surface area contributed by atoms with Crippen molar-refractivity contribution in [2.45, 2.75) is 26.4 Å². The average molecular weight is 419 g/mol. The summed E-state index contributed by atoms with van der Waals surface area (Å²) in [5.74, 6) is 0. The Morgan fingerprint density at radius 1 is 1.00 bits per heavy atom. The fraction of sp³-hybridized carbons (Fsp3) is 0.211. The van der Waals surface area contributed by atoms with Crippen molar-refractivity contribution in [3.05, 3.63) is 58.3 Å². The molecule has 0 bridgehead atoms. The molecule has 0 aliphatic rings. The third-order valence-electron chi connectivity index (χ3n) is 3.44. The second kappa shape index (κ2) is 6.00. The van der Waals surface area contributed by atoms with Crippen molar-refractivity contribution >= 4 is 39.6 Å². The van der Waals surface area contributed by atoms with Gasteiger partial charge in [0.05, 0.1) is 9.22 Å². The Balaban J connectivity index is 2.05. The lowest BCUT2D eigenvalue weighted by Crippen LogP contribution is -2.27. The van der Waals surface area contributed by atoms with Gasteiger partial charge in [-0.25, -0.2) is 9.36 Å². The van der Waals surface area contributed by atoms with Crippen LogP contribution in [0.1, 0.15) is 20.8 Å². The molecule has 0 amide bonds. The lowest BCUT2D eigenvalue weighted by molar-refractivity contribution is 0.0540. The van der Waals surface area contributed by atoms with Crippen LogP contribution in [0.2, 0.25) is 0 Å². The van der Waals surface area contributed by atoms with E-state index < -0.39 is 5.60 Å². The summed E-state index contributed by atoms with van der Waals surface area (Å²) in [5, 5.41) is 1.03. The fourth-order valence-corrected chi connectivity index (χ4v) is 3.28. The van der Waals surface area contributed by atoms with E-state index >= 15 is 0 Å². The van der Waals surface area contributed by atoms with Crippen molar-refractivity contribution in [3.63, 3.8) is 0 Å². The monoisotopic (exact) mass is 419 g/mol. The van der Waals surface area contributed by atoms with Crippen LogP contribution in [0.15, 0.2) is 54.6 Å². The van der Waals surface area contributed by atoms with Crippen molar-refractivity contribution in [3.8, 4) is 11.1 Å². The first-order chi connectivity index (χ1) is 10.8. The number of aromatic nitrogens is 1. The van der Waals surface area contributed by atoms with E-state index in [0.717, 1.165) is 25.7 Å². The van der Waals surface area contributed by atoms with Gasteiger partial charge in [0, 0.05) is 5.39 Å². The number of carbonyl (C=O) groups is 1. The van der Waals surface area contributed by atoms with Gasteiger partial charge in [-0.3, -0.25) is 0 Å². The van der Waals surface area contributed by atoms with E-state index in [1.54, 1.807) is 4.57 Å². The predicted molar refractivity (Wildman–Crippen MR) is 102 cm³/mol. The van der Waals surface area contributed by atoms with Gasteiger partial charge < -0.3 is 4.74 Å². The maximum absolute atomic E-state index is 12.4. The topological polar surface area (TPSA) is 31.2 Å². The van der Waals surface area contributed by atoms with Crippen molar-refractivity contribution in [2.75, 3.05) is 0 Å². The molecule has 2 aromatic carbocycles. The number of carbonyl (C=O) groups excluding carboxylic acids is 1. The summed E-state index contributed by atoms with van der Waals surface area (Å²) >= 11 is 2.17. The van der Waals surface area contributed by atoms with Crippen molar-refractivity contribution in [1.29, 1.82) is 0 Å². The molecule has 0 atom stereocenters. The number of benzene rings is 2. The molecule has 1 heterocycles. The second-order valence-electron chi connectivity index (χ2n) is 6.42. The fourth-order valence-electron chi connectivity index (χ4n) is 2.48. The van der Waals surface area contributed by atoms with E-state index in [1.165, 1.54) is 0 Å². The molecule has 23 heavy (non-hydrogen) atoms. The van der Waals surface area contributed by atoms with E-state index in [1.807, 2.05) is 57.2 Å². The summed E-state index contributed by atoms with van der Waals surface area (Å²) in [6, 6.07) is 18.3. The minimum absolute atomic E-state index is 0.343. The number of fused-ring (bicyclic) bond motifs is 1. The summed E-state index contributed by atoms with van der Waals surface area (Å²) in [6.07, 6.45) is -0.343. The predicted octanol–water partition coefficient (Wildman–Crippen LogP) is 5.70. The number of nitrogens with zero attached hydrogens (tertiary/aromatic N) is 1. The highest BCUT2D eigenvalue weighted by molar-refractivity contribution is 14.1. The zero-order valence-electron chi connectivity index (χ0n) is 13.3. The third-order valence-corrected chi connectivity index (χ3v) is 4.23. The standard InChI is InChI=1S/C19H18INO2/c1-19(2,3)23-18(22)21-16-10-9-14(11-15(16)12-17(21)20)13-7-5-4-6-8-13/h4-12H,1-3H3. The van der Waals surface area contributed by atoms with Crippen molar-refractivity contribution in [2.24, 2.45) is 0 Å². The SMILES string of the molecule is CC(C)(C)OC(=O)n1c(I)cc2cc(-c3ccccc3)ccc21. The number of halogens is 1. The number of rotatable bonds is 1. The molecule has 4 heteroatoms. The van der Waals surface area contributed by atoms with Crippen LogP contribution in [0.3, 0.4) is 0 Å². The summed E-state index contributed by atoms with van der Waals surface area (Å²) in [5.41, 5.74) is 2.65. The molecule has 3 nitrogen and oxygen atoms in total. The van der Waals surface area contributed by atoms with Crippen molar-refractivity contribution in [1.82, 2.24) is 4.57 Å². The van der Waals surface area contributed by atoms with Crippen LogP contribution in [0, 0.1) is 3.70 Å². The summed E-state index contributed by atoms with van der Waals surface area (Å²) in [7, 11) is 0.